The molecule has 78 valence electrons. The summed E-state index contributed by atoms with van der Waals surface area (Å²) >= 11 is 3.37. The summed E-state index contributed by atoms with van der Waals surface area (Å²) in [6.45, 7) is 0. The van der Waals surface area contributed by atoms with Gasteiger partial charge in [-0.05, 0) is 37.0 Å². The van der Waals surface area contributed by atoms with Gasteiger partial charge < -0.3 is 10.8 Å². The first-order valence-corrected chi connectivity index (χ1v) is 5.22. The summed E-state index contributed by atoms with van der Waals surface area (Å²) in [5.74, 6) is 0.878. The highest BCUT2D eigenvalue weighted by Gasteiger charge is 2.30. The lowest BCUT2D eigenvalue weighted by Gasteiger charge is -2.12. The minimum absolute atomic E-state index is 0. The summed E-state index contributed by atoms with van der Waals surface area (Å²) in [4.78, 5) is 0. The Morgan fingerprint density at radius 1 is 1.43 bits per heavy atom. The van der Waals surface area contributed by atoms with Gasteiger partial charge in [-0.3, -0.25) is 0 Å². The highest BCUT2D eigenvalue weighted by atomic mass is 79.9. The lowest BCUT2D eigenvalue weighted by molar-refractivity contribution is 0.456. The maximum Gasteiger partial charge on any atom is 0.120 e. The fourth-order valence-corrected chi connectivity index (χ4v) is 1.88. The van der Waals surface area contributed by atoms with Crippen LogP contribution in [0.3, 0.4) is 0 Å². The maximum absolute atomic E-state index is 9.58. The number of phenols is 1. The van der Waals surface area contributed by atoms with Crippen molar-refractivity contribution in [3.05, 3.63) is 28.2 Å². The molecule has 0 aromatic heterocycles. The van der Waals surface area contributed by atoms with Crippen LogP contribution in [0.5, 0.6) is 5.75 Å². The topological polar surface area (TPSA) is 46.2 Å². The third-order valence-electron chi connectivity index (χ3n) is 2.48. The van der Waals surface area contributed by atoms with Gasteiger partial charge in [0, 0.05) is 16.1 Å². The van der Waals surface area contributed by atoms with Crippen LogP contribution >= 0.6 is 28.3 Å². The van der Waals surface area contributed by atoms with Gasteiger partial charge >= 0.3 is 0 Å². The third-order valence-corrected chi connectivity index (χ3v) is 2.97. The van der Waals surface area contributed by atoms with Gasteiger partial charge in [-0.25, -0.2) is 0 Å². The molecule has 0 unspecified atom stereocenters. The van der Waals surface area contributed by atoms with Crippen molar-refractivity contribution in [1.82, 2.24) is 0 Å². The monoisotopic (exact) mass is 277 g/mol. The van der Waals surface area contributed by atoms with Gasteiger partial charge in [0.1, 0.15) is 5.75 Å². The second-order valence-electron chi connectivity index (χ2n) is 3.57. The molecule has 1 aromatic rings. The van der Waals surface area contributed by atoms with E-state index in [2.05, 4.69) is 15.9 Å². The van der Waals surface area contributed by atoms with Crippen molar-refractivity contribution in [2.45, 2.75) is 18.9 Å². The molecule has 2 nitrogen and oxygen atoms in total. The maximum atomic E-state index is 9.58. The van der Waals surface area contributed by atoms with Gasteiger partial charge in [0.25, 0.3) is 0 Å². The number of nitrogens with two attached hydrogens (primary N) is 1. The SMILES string of the molecule is Cl.N[C@H](c1cc(Br)ccc1O)C1CC1. The van der Waals surface area contributed by atoms with Crippen molar-refractivity contribution >= 4 is 28.3 Å². The normalized spacial score (nSPS) is 17.3. The molecule has 0 aliphatic heterocycles. The van der Waals surface area contributed by atoms with E-state index in [1.807, 2.05) is 12.1 Å². The predicted octanol–water partition coefficient (Wildman–Crippen LogP) is 2.99. The van der Waals surface area contributed by atoms with Crippen molar-refractivity contribution in [2.24, 2.45) is 11.7 Å². The summed E-state index contributed by atoms with van der Waals surface area (Å²) in [6.07, 6.45) is 2.38. The molecule has 0 bridgehead atoms. The van der Waals surface area contributed by atoms with E-state index >= 15 is 0 Å². The van der Waals surface area contributed by atoms with Gasteiger partial charge in [-0.15, -0.1) is 12.4 Å². The Morgan fingerprint density at radius 3 is 2.64 bits per heavy atom. The molecule has 0 amide bonds. The van der Waals surface area contributed by atoms with E-state index in [1.54, 1.807) is 6.07 Å². The Kier molecular flexibility index (Phi) is 3.81. The van der Waals surface area contributed by atoms with E-state index in [0.717, 1.165) is 10.0 Å². The second-order valence-corrected chi connectivity index (χ2v) is 4.48. The lowest BCUT2D eigenvalue weighted by atomic mass is 10.0. The van der Waals surface area contributed by atoms with Crippen LogP contribution in [0.4, 0.5) is 0 Å². The van der Waals surface area contributed by atoms with E-state index in [0.29, 0.717) is 11.7 Å². The number of phenolic OH excluding ortho intramolecular Hbond substituents is 1. The first-order chi connectivity index (χ1) is 6.18. The quantitative estimate of drug-likeness (QED) is 0.873. The molecule has 2 rings (SSSR count). The molecule has 0 heterocycles. The third kappa shape index (κ3) is 2.41. The van der Waals surface area contributed by atoms with E-state index in [9.17, 15) is 5.11 Å². The van der Waals surface area contributed by atoms with Crippen LogP contribution in [0.1, 0.15) is 24.4 Å². The fraction of sp³-hybridized carbons (Fsp3) is 0.400. The molecular formula is C10H13BrClNO. The zero-order valence-corrected chi connectivity index (χ0v) is 10.0. The highest BCUT2D eigenvalue weighted by Crippen LogP contribution is 2.42. The zero-order chi connectivity index (χ0) is 9.42. The molecule has 4 heteroatoms. The predicted molar refractivity (Wildman–Crippen MR) is 62.7 cm³/mol. The molecule has 1 aliphatic rings. The van der Waals surface area contributed by atoms with E-state index in [4.69, 9.17) is 5.73 Å². The van der Waals surface area contributed by atoms with Crippen molar-refractivity contribution < 1.29 is 5.11 Å². The summed E-state index contributed by atoms with van der Waals surface area (Å²) < 4.78 is 0.969. The lowest BCUT2D eigenvalue weighted by Crippen LogP contribution is -2.12. The Labute approximate surface area is 98.0 Å². The Bertz CT molecular complexity index is 328. The molecule has 1 aliphatic carbocycles. The summed E-state index contributed by atoms with van der Waals surface area (Å²) in [5, 5.41) is 9.58. The molecule has 1 fully saturated rings. The van der Waals surface area contributed by atoms with E-state index < -0.39 is 0 Å². The Balaban J connectivity index is 0.000000980. The highest BCUT2D eigenvalue weighted by molar-refractivity contribution is 9.10. The van der Waals surface area contributed by atoms with Crippen LogP contribution in [0, 0.1) is 5.92 Å². The van der Waals surface area contributed by atoms with Crippen LogP contribution in [-0.4, -0.2) is 5.11 Å². The number of aromatic hydroxyl groups is 1. The molecule has 0 radical (unpaired) electrons. The minimum Gasteiger partial charge on any atom is -0.508 e. The average molecular weight is 279 g/mol. The number of rotatable bonds is 2. The van der Waals surface area contributed by atoms with Gasteiger partial charge in [0.05, 0.1) is 0 Å². The zero-order valence-electron chi connectivity index (χ0n) is 7.61. The van der Waals surface area contributed by atoms with Crippen LogP contribution in [0.2, 0.25) is 0 Å². The van der Waals surface area contributed by atoms with Crippen molar-refractivity contribution in [3.8, 4) is 5.75 Å². The van der Waals surface area contributed by atoms with Gasteiger partial charge in [0.2, 0.25) is 0 Å². The molecule has 1 saturated carbocycles. The number of hydrogen-bond donors (Lipinski definition) is 2. The Hall–Kier alpha value is -0.250. The van der Waals surface area contributed by atoms with Crippen LogP contribution < -0.4 is 5.73 Å². The van der Waals surface area contributed by atoms with Gasteiger partial charge in [0.15, 0.2) is 0 Å². The number of benzene rings is 1. The largest absolute Gasteiger partial charge is 0.508 e. The molecule has 1 aromatic carbocycles. The van der Waals surface area contributed by atoms with Crippen LogP contribution in [-0.2, 0) is 0 Å². The molecule has 0 spiro atoms. The molecule has 0 saturated heterocycles. The first kappa shape index (κ1) is 11.8. The van der Waals surface area contributed by atoms with E-state index in [1.165, 1.54) is 12.8 Å². The summed E-state index contributed by atoms with van der Waals surface area (Å²) in [5.41, 5.74) is 6.85. The van der Waals surface area contributed by atoms with Crippen molar-refractivity contribution in [1.29, 1.82) is 0 Å². The average Bonchev–Trinajstić information content (AvgIpc) is 2.91. The van der Waals surface area contributed by atoms with Crippen LogP contribution in [0.15, 0.2) is 22.7 Å². The Morgan fingerprint density at radius 2 is 2.07 bits per heavy atom. The van der Waals surface area contributed by atoms with Gasteiger partial charge in [-0.1, -0.05) is 15.9 Å². The molecular weight excluding hydrogens is 265 g/mol. The standard InChI is InChI=1S/C10H12BrNO.ClH/c11-7-3-4-9(13)8(5-7)10(12)6-1-2-6;/h3-6,10,13H,1-2,12H2;1H/t10-;/m0./s1. The summed E-state index contributed by atoms with van der Waals surface area (Å²) in [6, 6.07) is 5.40. The molecule has 1 atom stereocenters. The first-order valence-electron chi connectivity index (χ1n) is 4.42. The van der Waals surface area contributed by atoms with Crippen molar-refractivity contribution in [3.63, 3.8) is 0 Å². The van der Waals surface area contributed by atoms with Crippen molar-refractivity contribution in [2.75, 3.05) is 0 Å². The van der Waals surface area contributed by atoms with Crippen LogP contribution in [0.25, 0.3) is 0 Å². The molecule has 3 N–H and O–H groups in total. The number of halogens is 2. The van der Waals surface area contributed by atoms with E-state index in [-0.39, 0.29) is 18.4 Å². The molecule has 14 heavy (non-hydrogen) atoms. The number of hydrogen-bond acceptors (Lipinski definition) is 2. The summed E-state index contributed by atoms with van der Waals surface area (Å²) in [7, 11) is 0. The minimum atomic E-state index is -0.00231. The smallest absolute Gasteiger partial charge is 0.120 e. The van der Waals surface area contributed by atoms with Gasteiger partial charge in [-0.2, -0.15) is 0 Å². The second kappa shape index (κ2) is 4.51. The fourth-order valence-electron chi connectivity index (χ4n) is 1.50.